The third-order valence-corrected chi connectivity index (χ3v) is 2.24. The molecule has 0 bridgehead atoms. The smallest absolute Gasteiger partial charge is 0.158 e. The third-order valence-electron chi connectivity index (χ3n) is 2.24. The summed E-state index contributed by atoms with van der Waals surface area (Å²) in [5, 5.41) is 0. The Morgan fingerprint density at radius 1 is 1.36 bits per heavy atom. The van der Waals surface area contributed by atoms with Gasteiger partial charge in [0.25, 0.3) is 0 Å². The predicted octanol–water partition coefficient (Wildman–Crippen LogP) is 0.629. The molecule has 11 heavy (non-hydrogen) atoms. The molecule has 1 aliphatic carbocycles. The van der Waals surface area contributed by atoms with Gasteiger partial charge in [0.05, 0.1) is 6.10 Å². The van der Waals surface area contributed by atoms with Gasteiger partial charge < -0.3 is 15.2 Å². The van der Waals surface area contributed by atoms with Crippen molar-refractivity contribution < 1.29 is 9.47 Å². The highest BCUT2D eigenvalue weighted by Crippen LogP contribution is 2.27. The molecule has 1 aliphatic heterocycles. The Balaban J connectivity index is 1.68. The molecule has 1 saturated carbocycles. The molecule has 2 rings (SSSR count). The van der Waals surface area contributed by atoms with Crippen molar-refractivity contribution in [2.24, 2.45) is 5.73 Å². The van der Waals surface area contributed by atoms with E-state index in [0.717, 1.165) is 19.4 Å². The molecule has 3 nitrogen and oxygen atoms in total. The van der Waals surface area contributed by atoms with Crippen LogP contribution in [0, 0.1) is 0 Å². The van der Waals surface area contributed by atoms with Crippen LogP contribution < -0.4 is 5.73 Å². The maximum atomic E-state index is 5.60. The van der Waals surface area contributed by atoms with E-state index in [9.17, 15) is 0 Å². The van der Waals surface area contributed by atoms with Crippen LogP contribution in [-0.4, -0.2) is 25.0 Å². The average molecular weight is 157 g/mol. The van der Waals surface area contributed by atoms with Crippen LogP contribution in [0.2, 0.25) is 0 Å². The van der Waals surface area contributed by atoms with Crippen LogP contribution in [0.1, 0.15) is 25.7 Å². The first-order valence-electron chi connectivity index (χ1n) is 4.39. The van der Waals surface area contributed by atoms with E-state index in [1.165, 1.54) is 12.8 Å². The van der Waals surface area contributed by atoms with Crippen LogP contribution in [-0.2, 0) is 9.47 Å². The predicted molar refractivity (Wildman–Crippen MR) is 41.1 cm³/mol. The fraction of sp³-hybridized carbons (Fsp3) is 1.00. The molecule has 0 amide bonds. The molecular weight excluding hydrogens is 142 g/mol. The van der Waals surface area contributed by atoms with Crippen LogP contribution in [0.15, 0.2) is 0 Å². The maximum absolute atomic E-state index is 5.60. The fourth-order valence-corrected chi connectivity index (χ4v) is 1.36. The summed E-state index contributed by atoms with van der Waals surface area (Å²) in [6.45, 7) is 0.854. The summed E-state index contributed by atoms with van der Waals surface area (Å²) in [6.07, 6.45) is 4.80. The first kappa shape index (κ1) is 7.53. The van der Waals surface area contributed by atoms with Gasteiger partial charge in [0.15, 0.2) is 6.29 Å². The quantitative estimate of drug-likeness (QED) is 0.639. The van der Waals surface area contributed by atoms with Crippen molar-refractivity contribution in [3.63, 3.8) is 0 Å². The first-order chi connectivity index (χ1) is 5.36. The van der Waals surface area contributed by atoms with Crippen LogP contribution in [0.4, 0.5) is 0 Å². The minimum absolute atomic E-state index is 0.0438. The van der Waals surface area contributed by atoms with E-state index in [4.69, 9.17) is 15.2 Å². The summed E-state index contributed by atoms with van der Waals surface area (Å²) in [4.78, 5) is 0. The van der Waals surface area contributed by atoms with Gasteiger partial charge in [-0.1, -0.05) is 0 Å². The number of hydrogen-bond acceptors (Lipinski definition) is 3. The Hall–Kier alpha value is -0.120. The molecule has 2 aliphatic rings. The molecule has 2 fully saturated rings. The van der Waals surface area contributed by atoms with Crippen molar-refractivity contribution in [2.75, 3.05) is 6.61 Å². The van der Waals surface area contributed by atoms with E-state index in [-0.39, 0.29) is 18.4 Å². The molecule has 1 heterocycles. The van der Waals surface area contributed by atoms with E-state index < -0.39 is 0 Å². The maximum Gasteiger partial charge on any atom is 0.158 e. The summed E-state index contributed by atoms with van der Waals surface area (Å²) < 4.78 is 11.0. The Bertz CT molecular complexity index is 134. The number of nitrogens with two attached hydrogens (primary N) is 1. The van der Waals surface area contributed by atoms with Crippen molar-refractivity contribution in [1.29, 1.82) is 0 Å². The molecule has 64 valence electrons. The summed E-state index contributed by atoms with van der Waals surface area (Å²) in [7, 11) is 0. The number of rotatable bonds is 2. The zero-order chi connectivity index (χ0) is 7.68. The first-order valence-corrected chi connectivity index (χ1v) is 4.39. The highest BCUT2D eigenvalue weighted by molar-refractivity contribution is 4.92. The lowest BCUT2D eigenvalue weighted by Crippen LogP contribution is -2.25. The summed E-state index contributed by atoms with van der Waals surface area (Å²) >= 11 is 0. The van der Waals surface area contributed by atoms with E-state index in [1.54, 1.807) is 0 Å². The number of ether oxygens (including phenoxy) is 2. The summed E-state index contributed by atoms with van der Waals surface area (Å²) in [6, 6.07) is 0.278. The topological polar surface area (TPSA) is 44.5 Å². The lowest BCUT2D eigenvalue weighted by atomic mass is 10.2. The molecule has 0 aromatic carbocycles. The van der Waals surface area contributed by atoms with Crippen LogP contribution >= 0.6 is 0 Å². The second kappa shape index (κ2) is 3.09. The van der Waals surface area contributed by atoms with Crippen molar-refractivity contribution in [3.8, 4) is 0 Å². The van der Waals surface area contributed by atoms with Gasteiger partial charge in [0, 0.05) is 12.6 Å². The van der Waals surface area contributed by atoms with Crippen molar-refractivity contribution >= 4 is 0 Å². The van der Waals surface area contributed by atoms with E-state index in [2.05, 4.69) is 0 Å². The van der Waals surface area contributed by atoms with E-state index >= 15 is 0 Å². The molecular formula is C8H15NO2. The lowest BCUT2D eigenvalue weighted by Gasteiger charge is -2.22. The minimum Gasteiger partial charge on any atom is -0.353 e. The number of hydrogen-bond donors (Lipinski definition) is 1. The zero-order valence-corrected chi connectivity index (χ0v) is 6.66. The fourth-order valence-electron chi connectivity index (χ4n) is 1.36. The standard InChI is InChI=1S/C8H15NO2/c9-6-5-7(6)11-8-3-1-2-4-10-8/h6-8H,1-5,9H2/t6-,7-,8?/m0/s1. The van der Waals surface area contributed by atoms with Gasteiger partial charge >= 0.3 is 0 Å². The molecule has 1 saturated heterocycles. The van der Waals surface area contributed by atoms with E-state index in [0.29, 0.717) is 0 Å². The molecule has 2 N–H and O–H groups in total. The van der Waals surface area contributed by atoms with Gasteiger partial charge in [-0.2, -0.15) is 0 Å². The van der Waals surface area contributed by atoms with Gasteiger partial charge in [-0.15, -0.1) is 0 Å². The molecule has 0 spiro atoms. The molecule has 0 radical (unpaired) electrons. The second-order valence-electron chi connectivity index (χ2n) is 3.37. The Morgan fingerprint density at radius 2 is 2.18 bits per heavy atom. The summed E-state index contributed by atoms with van der Waals surface area (Å²) in [5.74, 6) is 0. The molecule has 3 atom stereocenters. The normalized spacial score (nSPS) is 43.9. The molecule has 1 unspecified atom stereocenters. The van der Waals surface area contributed by atoms with Crippen LogP contribution in [0.25, 0.3) is 0 Å². The van der Waals surface area contributed by atoms with Gasteiger partial charge in [0.2, 0.25) is 0 Å². The van der Waals surface area contributed by atoms with Gasteiger partial charge in [0.1, 0.15) is 0 Å². The van der Waals surface area contributed by atoms with E-state index in [1.807, 2.05) is 0 Å². The Morgan fingerprint density at radius 3 is 2.73 bits per heavy atom. The van der Waals surface area contributed by atoms with Crippen molar-refractivity contribution in [2.45, 2.75) is 44.1 Å². The minimum atomic E-state index is 0.0438. The van der Waals surface area contributed by atoms with Gasteiger partial charge in [-0.25, -0.2) is 0 Å². The third kappa shape index (κ3) is 1.92. The van der Waals surface area contributed by atoms with Crippen LogP contribution in [0.3, 0.4) is 0 Å². The lowest BCUT2D eigenvalue weighted by molar-refractivity contribution is -0.169. The van der Waals surface area contributed by atoms with Crippen LogP contribution in [0.5, 0.6) is 0 Å². The summed E-state index contributed by atoms with van der Waals surface area (Å²) in [5.41, 5.74) is 5.60. The Labute approximate surface area is 66.8 Å². The van der Waals surface area contributed by atoms with Crippen molar-refractivity contribution in [1.82, 2.24) is 0 Å². The largest absolute Gasteiger partial charge is 0.353 e. The zero-order valence-electron chi connectivity index (χ0n) is 6.66. The monoisotopic (exact) mass is 157 g/mol. The highest BCUT2D eigenvalue weighted by Gasteiger charge is 2.37. The molecule has 0 aromatic heterocycles. The SMILES string of the molecule is N[C@H]1C[C@@H]1OC1CCCCO1. The molecule has 3 heteroatoms. The second-order valence-corrected chi connectivity index (χ2v) is 3.37. The Kier molecular flexibility index (Phi) is 2.11. The molecule has 0 aromatic rings. The average Bonchev–Trinajstić information content (AvgIpc) is 2.69. The highest BCUT2D eigenvalue weighted by atomic mass is 16.7. The van der Waals surface area contributed by atoms with Crippen molar-refractivity contribution in [3.05, 3.63) is 0 Å². The van der Waals surface area contributed by atoms with Gasteiger partial charge in [-0.3, -0.25) is 0 Å². The van der Waals surface area contributed by atoms with Gasteiger partial charge in [-0.05, 0) is 25.7 Å².